The molecule has 6 heteroatoms. The smallest absolute Gasteiger partial charge is 0.321 e. The monoisotopic (exact) mass is 217 g/mol. The molecule has 1 aromatic rings. The van der Waals surface area contributed by atoms with Gasteiger partial charge in [-0.3, -0.25) is 4.90 Å². The Morgan fingerprint density at radius 1 is 1.38 bits per heavy atom. The number of carbonyl (C=O) groups is 1. The van der Waals surface area contributed by atoms with E-state index in [1.807, 2.05) is 0 Å². The van der Waals surface area contributed by atoms with Crippen LogP contribution in [0.4, 0.5) is 16.2 Å². The number of amides is 2. The number of benzene rings is 1. The van der Waals surface area contributed by atoms with Crippen LogP contribution in [0.25, 0.3) is 10.4 Å². The number of hydrogen-bond donors (Lipinski definition) is 1. The molecule has 2 rings (SSSR count). The summed E-state index contributed by atoms with van der Waals surface area (Å²) in [6, 6.07) is 6.85. The van der Waals surface area contributed by atoms with E-state index in [9.17, 15) is 4.79 Å². The molecule has 16 heavy (non-hydrogen) atoms. The summed E-state index contributed by atoms with van der Waals surface area (Å²) >= 11 is 0. The average molecular weight is 217 g/mol. The number of anilines is 1. The maximum Gasteiger partial charge on any atom is 0.321 e. The average Bonchev–Trinajstić information content (AvgIpc) is 2.31. The molecule has 82 valence electrons. The first kappa shape index (κ1) is 10.3. The molecule has 0 unspecified atom stereocenters. The van der Waals surface area contributed by atoms with Crippen LogP contribution in [0, 0.1) is 0 Å². The van der Waals surface area contributed by atoms with Gasteiger partial charge in [0.25, 0.3) is 0 Å². The van der Waals surface area contributed by atoms with Gasteiger partial charge in [-0.15, -0.1) is 0 Å². The minimum absolute atomic E-state index is 0.0808. The molecule has 6 nitrogen and oxygen atoms in total. The van der Waals surface area contributed by atoms with Gasteiger partial charge in [-0.2, -0.15) is 0 Å². The quantitative estimate of drug-likeness (QED) is 0.461. The molecule has 0 atom stereocenters. The zero-order valence-electron chi connectivity index (χ0n) is 8.63. The first-order chi connectivity index (χ1) is 7.81. The first-order valence-electron chi connectivity index (χ1n) is 5.02. The summed E-state index contributed by atoms with van der Waals surface area (Å²) in [6.07, 6.45) is 0.934. The topological polar surface area (TPSA) is 81.1 Å². The standard InChI is InChI=1S/C10H11N5O/c11-14-13-8-2-4-9(5-3-8)15-7-1-6-12-10(15)16/h2-5H,1,6-7H2,(H,12,16). The minimum atomic E-state index is -0.0808. The highest BCUT2D eigenvalue weighted by Crippen LogP contribution is 2.21. The summed E-state index contributed by atoms with van der Waals surface area (Å²) in [6.45, 7) is 1.44. The zero-order chi connectivity index (χ0) is 11.4. The van der Waals surface area contributed by atoms with Gasteiger partial charge in [-0.25, -0.2) is 4.79 Å². The molecule has 0 spiro atoms. The lowest BCUT2D eigenvalue weighted by Gasteiger charge is -2.27. The third-order valence-electron chi connectivity index (χ3n) is 2.40. The Morgan fingerprint density at radius 2 is 2.12 bits per heavy atom. The highest BCUT2D eigenvalue weighted by molar-refractivity contribution is 5.92. The summed E-state index contributed by atoms with van der Waals surface area (Å²) in [7, 11) is 0. The van der Waals surface area contributed by atoms with E-state index in [4.69, 9.17) is 5.53 Å². The molecule has 1 fully saturated rings. The van der Waals surface area contributed by atoms with Gasteiger partial charge in [0.05, 0.1) is 0 Å². The Hall–Kier alpha value is -2.20. The second-order valence-corrected chi connectivity index (χ2v) is 3.44. The van der Waals surface area contributed by atoms with Gasteiger partial charge in [0.1, 0.15) is 0 Å². The molecule has 1 heterocycles. The summed E-state index contributed by atoms with van der Waals surface area (Å²) in [4.78, 5) is 15.9. The van der Waals surface area contributed by atoms with Crippen LogP contribution in [0.15, 0.2) is 29.4 Å². The SMILES string of the molecule is [N-]=[N+]=Nc1ccc(N2CCCNC2=O)cc1. The highest BCUT2D eigenvalue weighted by Gasteiger charge is 2.18. The number of carbonyl (C=O) groups excluding carboxylic acids is 1. The van der Waals surface area contributed by atoms with Gasteiger partial charge in [-0.05, 0) is 24.1 Å². The highest BCUT2D eigenvalue weighted by atomic mass is 16.2. The molecular weight excluding hydrogens is 206 g/mol. The summed E-state index contributed by atoms with van der Waals surface area (Å²) < 4.78 is 0. The lowest BCUT2D eigenvalue weighted by atomic mass is 10.2. The molecule has 1 aliphatic rings. The van der Waals surface area contributed by atoms with Crippen LogP contribution in [0.1, 0.15) is 6.42 Å². The molecule has 1 saturated heterocycles. The van der Waals surface area contributed by atoms with Gasteiger partial charge < -0.3 is 5.32 Å². The molecule has 0 aromatic heterocycles. The van der Waals surface area contributed by atoms with Crippen molar-refractivity contribution in [3.8, 4) is 0 Å². The summed E-state index contributed by atoms with van der Waals surface area (Å²) in [5, 5.41) is 6.25. The largest absolute Gasteiger partial charge is 0.338 e. The Labute approximate surface area is 92.5 Å². The van der Waals surface area contributed by atoms with Gasteiger partial charge in [0.15, 0.2) is 0 Å². The molecule has 1 aromatic carbocycles. The van der Waals surface area contributed by atoms with Crippen molar-refractivity contribution in [2.45, 2.75) is 6.42 Å². The van der Waals surface area contributed by atoms with Crippen molar-refractivity contribution < 1.29 is 4.79 Å². The van der Waals surface area contributed by atoms with Crippen molar-refractivity contribution in [3.63, 3.8) is 0 Å². The van der Waals surface area contributed by atoms with E-state index >= 15 is 0 Å². The van der Waals surface area contributed by atoms with E-state index in [2.05, 4.69) is 15.3 Å². The van der Waals surface area contributed by atoms with Crippen LogP contribution in [0.2, 0.25) is 0 Å². The molecule has 0 saturated carbocycles. The predicted molar refractivity (Wildman–Crippen MR) is 60.6 cm³/mol. The van der Waals surface area contributed by atoms with Crippen molar-refractivity contribution >= 4 is 17.4 Å². The summed E-state index contributed by atoms with van der Waals surface area (Å²) in [5.74, 6) is 0. The van der Waals surface area contributed by atoms with Crippen LogP contribution in [-0.4, -0.2) is 19.1 Å². The van der Waals surface area contributed by atoms with Gasteiger partial charge >= 0.3 is 6.03 Å². The number of nitrogens with zero attached hydrogens (tertiary/aromatic N) is 4. The molecule has 1 aliphatic heterocycles. The van der Waals surface area contributed by atoms with Crippen LogP contribution in [-0.2, 0) is 0 Å². The van der Waals surface area contributed by atoms with Gasteiger partial charge in [0.2, 0.25) is 0 Å². The minimum Gasteiger partial charge on any atom is -0.338 e. The number of urea groups is 1. The second kappa shape index (κ2) is 4.55. The van der Waals surface area contributed by atoms with E-state index < -0.39 is 0 Å². The molecule has 1 N–H and O–H groups in total. The molecule has 2 amide bonds. The van der Waals surface area contributed by atoms with Crippen LogP contribution < -0.4 is 10.2 Å². The normalized spacial score (nSPS) is 15.2. The van der Waals surface area contributed by atoms with E-state index in [0.29, 0.717) is 12.2 Å². The number of hydrogen-bond acceptors (Lipinski definition) is 2. The lowest BCUT2D eigenvalue weighted by Crippen LogP contribution is -2.46. The van der Waals surface area contributed by atoms with E-state index in [1.165, 1.54) is 0 Å². The van der Waals surface area contributed by atoms with E-state index in [-0.39, 0.29) is 6.03 Å². The van der Waals surface area contributed by atoms with Crippen molar-refractivity contribution in [2.24, 2.45) is 5.11 Å². The van der Waals surface area contributed by atoms with Gasteiger partial charge in [0, 0.05) is 29.4 Å². The number of rotatable bonds is 2. The third-order valence-corrected chi connectivity index (χ3v) is 2.40. The Kier molecular flexibility index (Phi) is 2.93. The molecule has 0 radical (unpaired) electrons. The van der Waals surface area contributed by atoms with E-state index in [1.54, 1.807) is 29.2 Å². The van der Waals surface area contributed by atoms with Crippen LogP contribution in [0.3, 0.4) is 0 Å². The number of azide groups is 1. The van der Waals surface area contributed by atoms with Gasteiger partial charge in [-0.1, -0.05) is 17.2 Å². The maximum absolute atomic E-state index is 11.5. The third kappa shape index (κ3) is 2.07. The first-order valence-corrected chi connectivity index (χ1v) is 5.02. The predicted octanol–water partition coefficient (Wildman–Crippen LogP) is 2.55. The Morgan fingerprint density at radius 3 is 2.75 bits per heavy atom. The summed E-state index contributed by atoms with van der Waals surface area (Å²) in [5.41, 5.74) is 9.62. The Balaban J connectivity index is 2.20. The molecule has 0 bridgehead atoms. The Bertz CT molecular complexity index is 435. The van der Waals surface area contributed by atoms with Crippen molar-refractivity contribution in [1.29, 1.82) is 0 Å². The van der Waals surface area contributed by atoms with Crippen molar-refractivity contribution in [2.75, 3.05) is 18.0 Å². The number of nitrogens with one attached hydrogen (secondary N) is 1. The fourth-order valence-corrected chi connectivity index (χ4v) is 1.63. The zero-order valence-corrected chi connectivity index (χ0v) is 8.63. The van der Waals surface area contributed by atoms with E-state index in [0.717, 1.165) is 18.7 Å². The second-order valence-electron chi connectivity index (χ2n) is 3.44. The fraction of sp³-hybridized carbons (Fsp3) is 0.300. The fourth-order valence-electron chi connectivity index (χ4n) is 1.63. The van der Waals surface area contributed by atoms with Crippen molar-refractivity contribution in [3.05, 3.63) is 34.7 Å². The van der Waals surface area contributed by atoms with Crippen molar-refractivity contribution in [1.82, 2.24) is 5.32 Å². The lowest BCUT2D eigenvalue weighted by molar-refractivity contribution is 0.243. The van der Waals surface area contributed by atoms with Crippen LogP contribution >= 0.6 is 0 Å². The molecular formula is C10H11N5O. The molecule has 0 aliphatic carbocycles. The van der Waals surface area contributed by atoms with Crippen LogP contribution in [0.5, 0.6) is 0 Å². The maximum atomic E-state index is 11.5.